The van der Waals surface area contributed by atoms with Crippen molar-refractivity contribution in [2.45, 2.75) is 32.9 Å². The molecule has 1 amide bonds. The topological polar surface area (TPSA) is 32.8 Å². The highest BCUT2D eigenvalue weighted by atomic mass is 16.5. The van der Waals surface area contributed by atoms with Crippen LogP contribution in [0.3, 0.4) is 0 Å². The Bertz CT molecular complexity index is 957. The molecule has 1 aliphatic rings. The number of amides is 1. The van der Waals surface area contributed by atoms with E-state index in [2.05, 4.69) is 62.7 Å². The number of carbonyl (C=O) groups excluding carboxylic acids is 1. The van der Waals surface area contributed by atoms with Crippen LogP contribution in [0, 0.1) is 0 Å². The van der Waals surface area contributed by atoms with Crippen LogP contribution >= 0.6 is 0 Å². The number of anilines is 1. The smallest absolute Gasteiger partial charge is 0.254 e. The first-order valence-corrected chi connectivity index (χ1v) is 10.8. The number of allylic oxidation sites excluding steroid dienone is 1. The summed E-state index contributed by atoms with van der Waals surface area (Å²) in [5.74, 6) is 0.682. The molecule has 31 heavy (non-hydrogen) atoms. The summed E-state index contributed by atoms with van der Waals surface area (Å²) in [6.45, 7) is 18.7. The predicted molar refractivity (Wildman–Crippen MR) is 128 cm³/mol. The fraction of sp³-hybridized carbons (Fsp3) is 0.296. The molecule has 0 aliphatic carbocycles. The molecule has 0 radical (unpaired) electrons. The van der Waals surface area contributed by atoms with Crippen LogP contribution in [0.25, 0.3) is 0 Å². The third-order valence-corrected chi connectivity index (χ3v) is 5.92. The Morgan fingerprint density at radius 2 is 1.74 bits per heavy atom. The highest BCUT2D eigenvalue weighted by molar-refractivity contribution is 5.98. The average Bonchev–Trinajstić information content (AvgIpc) is 2.82. The van der Waals surface area contributed by atoms with Gasteiger partial charge in [-0.2, -0.15) is 0 Å². The lowest BCUT2D eigenvalue weighted by molar-refractivity contribution is -0.131. The maximum Gasteiger partial charge on any atom is 0.254 e. The van der Waals surface area contributed by atoms with E-state index < -0.39 is 0 Å². The minimum atomic E-state index is -0.120. The van der Waals surface area contributed by atoms with Crippen LogP contribution < -0.4 is 9.64 Å². The lowest BCUT2D eigenvalue weighted by atomic mass is 9.93. The van der Waals surface area contributed by atoms with Crippen LogP contribution in [0.5, 0.6) is 5.75 Å². The molecule has 1 heterocycles. The highest BCUT2D eigenvalue weighted by Gasteiger charge is 2.31. The SMILES string of the molecule is C=CC(=C)C(=C)C(=O)N1Cc2ccccc2CC1COc1ccc(N(CC)CC)cc1. The van der Waals surface area contributed by atoms with Crippen LogP contribution in [0.2, 0.25) is 0 Å². The molecule has 0 aromatic heterocycles. The monoisotopic (exact) mass is 416 g/mol. The number of benzene rings is 2. The van der Waals surface area contributed by atoms with Gasteiger partial charge < -0.3 is 14.5 Å². The molecule has 0 saturated heterocycles. The van der Waals surface area contributed by atoms with Crippen LogP contribution in [-0.4, -0.2) is 36.5 Å². The molecular weight excluding hydrogens is 384 g/mol. The van der Waals surface area contributed by atoms with Gasteiger partial charge in [-0.05, 0) is 61.2 Å². The zero-order valence-electron chi connectivity index (χ0n) is 18.6. The average molecular weight is 417 g/mol. The molecule has 2 aromatic rings. The van der Waals surface area contributed by atoms with Gasteiger partial charge in [0, 0.05) is 30.9 Å². The molecule has 0 fully saturated rings. The minimum Gasteiger partial charge on any atom is -0.491 e. The van der Waals surface area contributed by atoms with Crippen LogP contribution in [0.4, 0.5) is 5.69 Å². The molecule has 162 valence electrons. The molecule has 0 spiro atoms. The second-order valence-corrected chi connectivity index (χ2v) is 7.74. The van der Waals surface area contributed by atoms with Gasteiger partial charge in [-0.25, -0.2) is 0 Å². The van der Waals surface area contributed by atoms with E-state index in [1.54, 1.807) is 6.08 Å². The fourth-order valence-electron chi connectivity index (χ4n) is 3.94. The maximum absolute atomic E-state index is 13.2. The van der Waals surface area contributed by atoms with Gasteiger partial charge >= 0.3 is 0 Å². The van der Waals surface area contributed by atoms with Crippen molar-refractivity contribution in [2.24, 2.45) is 0 Å². The maximum atomic E-state index is 13.2. The van der Waals surface area contributed by atoms with Crippen molar-refractivity contribution in [3.05, 3.63) is 96.6 Å². The van der Waals surface area contributed by atoms with Crippen molar-refractivity contribution in [1.82, 2.24) is 4.90 Å². The summed E-state index contributed by atoms with van der Waals surface area (Å²) in [7, 11) is 0. The van der Waals surface area contributed by atoms with Gasteiger partial charge in [-0.1, -0.05) is 50.1 Å². The Balaban J connectivity index is 1.76. The van der Waals surface area contributed by atoms with E-state index in [0.29, 0.717) is 24.3 Å². The Hall–Kier alpha value is -3.27. The Labute approximate surface area is 186 Å². The van der Waals surface area contributed by atoms with E-state index in [1.807, 2.05) is 29.2 Å². The second-order valence-electron chi connectivity index (χ2n) is 7.74. The molecule has 0 saturated carbocycles. The number of nitrogens with zero attached hydrogens (tertiary/aromatic N) is 2. The number of carbonyl (C=O) groups is 1. The molecule has 0 bridgehead atoms. The lowest BCUT2D eigenvalue weighted by Gasteiger charge is -2.37. The first-order chi connectivity index (χ1) is 15.0. The highest BCUT2D eigenvalue weighted by Crippen LogP contribution is 2.27. The fourth-order valence-corrected chi connectivity index (χ4v) is 3.94. The Morgan fingerprint density at radius 3 is 2.35 bits per heavy atom. The first-order valence-electron chi connectivity index (χ1n) is 10.8. The molecular formula is C27H32N2O2. The molecule has 4 nitrogen and oxygen atoms in total. The molecule has 1 atom stereocenters. The van der Waals surface area contributed by atoms with Crippen molar-refractivity contribution >= 4 is 11.6 Å². The van der Waals surface area contributed by atoms with E-state index in [1.165, 1.54) is 11.3 Å². The second kappa shape index (κ2) is 10.2. The summed E-state index contributed by atoms with van der Waals surface area (Å²) in [5, 5.41) is 0. The molecule has 1 aliphatic heterocycles. The zero-order chi connectivity index (χ0) is 22.4. The van der Waals surface area contributed by atoms with Gasteiger partial charge in [-0.3, -0.25) is 4.79 Å². The molecule has 0 N–H and O–H groups in total. The molecule has 1 unspecified atom stereocenters. The van der Waals surface area contributed by atoms with Gasteiger partial charge in [0.25, 0.3) is 5.91 Å². The van der Waals surface area contributed by atoms with Gasteiger partial charge in [0.1, 0.15) is 12.4 Å². The van der Waals surface area contributed by atoms with E-state index in [4.69, 9.17) is 4.74 Å². The quantitative estimate of drug-likeness (QED) is 0.418. The number of hydrogen-bond acceptors (Lipinski definition) is 3. The van der Waals surface area contributed by atoms with Gasteiger partial charge in [-0.15, -0.1) is 0 Å². The van der Waals surface area contributed by atoms with Crippen molar-refractivity contribution < 1.29 is 9.53 Å². The van der Waals surface area contributed by atoms with Crippen LogP contribution in [0.1, 0.15) is 25.0 Å². The van der Waals surface area contributed by atoms with E-state index in [0.717, 1.165) is 30.8 Å². The predicted octanol–water partition coefficient (Wildman–Crippen LogP) is 5.16. The third-order valence-electron chi connectivity index (χ3n) is 5.92. The van der Waals surface area contributed by atoms with E-state index >= 15 is 0 Å². The van der Waals surface area contributed by atoms with Crippen molar-refractivity contribution in [2.75, 3.05) is 24.6 Å². The minimum absolute atomic E-state index is 0.0841. The summed E-state index contributed by atoms with van der Waals surface area (Å²) in [6, 6.07) is 16.3. The Morgan fingerprint density at radius 1 is 1.10 bits per heavy atom. The van der Waals surface area contributed by atoms with Crippen molar-refractivity contribution in [3.8, 4) is 5.75 Å². The number of rotatable bonds is 9. The summed E-state index contributed by atoms with van der Waals surface area (Å²) in [4.78, 5) is 17.3. The lowest BCUT2D eigenvalue weighted by Crippen LogP contribution is -2.47. The normalized spacial score (nSPS) is 15.0. The van der Waals surface area contributed by atoms with Gasteiger partial charge in [0.2, 0.25) is 0 Å². The van der Waals surface area contributed by atoms with Crippen molar-refractivity contribution in [1.29, 1.82) is 0 Å². The van der Waals surface area contributed by atoms with Crippen LogP contribution in [-0.2, 0) is 17.8 Å². The number of hydrogen-bond donors (Lipinski definition) is 0. The third kappa shape index (κ3) is 5.08. The van der Waals surface area contributed by atoms with Crippen molar-refractivity contribution in [3.63, 3.8) is 0 Å². The summed E-state index contributed by atoms with van der Waals surface area (Å²) in [5.41, 5.74) is 4.52. The molecule has 2 aromatic carbocycles. The van der Waals surface area contributed by atoms with Gasteiger partial charge in [0.05, 0.1) is 6.04 Å². The van der Waals surface area contributed by atoms with E-state index in [-0.39, 0.29) is 11.9 Å². The number of ether oxygens (including phenoxy) is 1. The largest absolute Gasteiger partial charge is 0.491 e. The van der Waals surface area contributed by atoms with E-state index in [9.17, 15) is 4.79 Å². The molecule has 3 rings (SSSR count). The van der Waals surface area contributed by atoms with Gasteiger partial charge in [0.15, 0.2) is 0 Å². The standard InChI is InChI=1S/C27H32N2O2/c1-6-20(4)21(5)27(30)29-18-23-12-10-9-11-22(23)17-25(29)19-31-26-15-13-24(14-16-26)28(7-2)8-3/h6,9-16,25H,1,4-5,7-8,17-19H2,2-3H3. The summed E-state index contributed by atoms with van der Waals surface area (Å²) in [6.07, 6.45) is 2.31. The Kier molecular flexibility index (Phi) is 7.35. The number of fused-ring (bicyclic) bond motifs is 1. The van der Waals surface area contributed by atoms with Crippen LogP contribution in [0.15, 0.2) is 85.5 Å². The first kappa shape index (κ1) is 22.4. The summed E-state index contributed by atoms with van der Waals surface area (Å²) >= 11 is 0. The zero-order valence-corrected chi connectivity index (χ0v) is 18.6. The molecule has 4 heteroatoms. The summed E-state index contributed by atoms with van der Waals surface area (Å²) < 4.78 is 6.12.